The van der Waals surface area contributed by atoms with Crippen LogP contribution in [0.2, 0.25) is 0 Å². The van der Waals surface area contributed by atoms with Gasteiger partial charge < -0.3 is 9.84 Å². The number of hydrogen-bond acceptors (Lipinski definition) is 2. The molecule has 0 aliphatic heterocycles. The first-order valence-corrected chi connectivity index (χ1v) is 7.29. The molecule has 1 unspecified atom stereocenters. The molecule has 1 N–H and O–H groups in total. The van der Waals surface area contributed by atoms with Crippen molar-refractivity contribution in [1.29, 1.82) is 0 Å². The molecule has 20 heavy (non-hydrogen) atoms. The second kappa shape index (κ2) is 5.29. The third kappa shape index (κ3) is 2.10. The lowest BCUT2D eigenvalue weighted by molar-refractivity contribution is 0.0790. The second-order valence-corrected chi connectivity index (χ2v) is 5.36. The molecule has 3 rings (SSSR count). The molecule has 0 heterocycles. The van der Waals surface area contributed by atoms with Crippen molar-refractivity contribution >= 4 is 0 Å². The molecule has 0 spiro atoms. The summed E-state index contributed by atoms with van der Waals surface area (Å²) in [4.78, 5) is 0. The zero-order chi connectivity index (χ0) is 14.0. The Kier molecular flexibility index (Phi) is 3.49. The van der Waals surface area contributed by atoms with Gasteiger partial charge in [-0.15, -0.1) is 0 Å². The Hall–Kier alpha value is -1.80. The van der Waals surface area contributed by atoms with Gasteiger partial charge in [-0.05, 0) is 36.5 Å². The minimum atomic E-state index is -0.916. The number of fused-ring (bicyclic) bond motifs is 1. The Bertz CT molecular complexity index is 606. The van der Waals surface area contributed by atoms with Gasteiger partial charge in [0, 0.05) is 5.56 Å². The van der Waals surface area contributed by atoms with Crippen molar-refractivity contribution in [3.8, 4) is 5.75 Å². The lowest BCUT2D eigenvalue weighted by atomic mass is 9.87. The summed E-state index contributed by atoms with van der Waals surface area (Å²) < 4.78 is 5.82. The van der Waals surface area contributed by atoms with E-state index < -0.39 is 5.60 Å². The largest absolute Gasteiger partial charge is 0.493 e. The predicted octanol–water partition coefficient (Wildman–Crippen LogP) is 3.66. The molecule has 0 saturated heterocycles. The summed E-state index contributed by atoms with van der Waals surface area (Å²) in [7, 11) is 0. The Morgan fingerprint density at radius 3 is 2.55 bits per heavy atom. The van der Waals surface area contributed by atoms with E-state index >= 15 is 0 Å². The average molecular weight is 268 g/mol. The van der Waals surface area contributed by atoms with E-state index in [1.807, 2.05) is 42.5 Å². The Morgan fingerprint density at radius 2 is 1.75 bits per heavy atom. The van der Waals surface area contributed by atoms with E-state index in [-0.39, 0.29) is 0 Å². The minimum Gasteiger partial charge on any atom is -0.493 e. The summed E-state index contributed by atoms with van der Waals surface area (Å²) in [6, 6.07) is 16.0. The van der Waals surface area contributed by atoms with Crippen LogP contribution in [-0.4, -0.2) is 11.7 Å². The number of benzene rings is 2. The van der Waals surface area contributed by atoms with Crippen molar-refractivity contribution in [2.75, 3.05) is 6.61 Å². The van der Waals surface area contributed by atoms with E-state index in [1.54, 1.807) is 0 Å². The van der Waals surface area contributed by atoms with Crippen LogP contribution >= 0.6 is 0 Å². The van der Waals surface area contributed by atoms with Gasteiger partial charge in [-0.2, -0.15) is 0 Å². The first-order chi connectivity index (χ1) is 9.75. The molecule has 0 saturated carbocycles. The van der Waals surface area contributed by atoms with Crippen molar-refractivity contribution in [2.45, 2.75) is 31.8 Å². The topological polar surface area (TPSA) is 29.5 Å². The van der Waals surface area contributed by atoms with Gasteiger partial charge in [0.25, 0.3) is 0 Å². The van der Waals surface area contributed by atoms with Gasteiger partial charge in [-0.1, -0.05) is 49.4 Å². The second-order valence-electron chi connectivity index (χ2n) is 5.36. The van der Waals surface area contributed by atoms with E-state index in [0.717, 1.165) is 36.1 Å². The van der Waals surface area contributed by atoms with Gasteiger partial charge in [-0.3, -0.25) is 0 Å². The zero-order valence-electron chi connectivity index (χ0n) is 11.8. The highest BCUT2D eigenvalue weighted by molar-refractivity contribution is 5.50. The number of para-hydroxylation sites is 1. The van der Waals surface area contributed by atoms with Gasteiger partial charge in [0.2, 0.25) is 0 Å². The number of aryl methyl sites for hydroxylation is 1. The van der Waals surface area contributed by atoms with Crippen LogP contribution < -0.4 is 4.74 Å². The summed E-state index contributed by atoms with van der Waals surface area (Å²) in [6.07, 6.45) is 2.59. The molecule has 0 bridgehead atoms. The fraction of sp³-hybridized carbons (Fsp3) is 0.333. The number of aliphatic hydroxyl groups is 1. The molecule has 1 aliphatic carbocycles. The lowest BCUT2D eigenvalue weighted by Gasteiger charge is -2.27. The Labute approximate surface area is 120 Å². The number of rotatable bonds is 4. The molecule has 2 aromatic carbocycles. The van der Waals surface area contributed by atoms with Gasteiger partial charge >= 0.3 is 0 Å². The van der Waals surface area contributed by atoms with Crippen molar-refractivity contribution in [3.05, 3.63) is 65.2 Å². The molecule has 0 aromatic heterocycles. The summed E-state index contributed by atoms with van der Waals surface area (Å²) in [5, 5.41) is 11.2. The highest BCUT2D eigenvalue weighted by atomic mass is 16.5. The summed E-state index contributed by atoms with van der Waals surface area (Å²) in [5.74, 6) is 0.800. The fourth-order valence-electron chi connectivity index (χ4n) is 3.02. The van der Waals surface area contributed by atoms with Crippen LogP contribution in [0.5, 0.6) is 5.75 Å². The molecular formula is C18H20O2. The van der Waals surface area contributed by atoms with Gasteiger partial charge in [0.1, 0.15) is 11.4 Å². The van der Waals surface area contributed by atoms with E-state index in [0.29, 0.717) is 6.61 Å². The standard InChI is InChI=1S/C18H20O2/c1-2-13-20-17-10-6-5-9-16(17)18(19)12-11-14-7-3-4-8-15(14)18/h3-10,19H,2,11-13H2,1H3. The van der Waals surface area contributed by atoms with Crippen molar-refractivity contribution in [1.82, 2.24) is 0 Å². The summed E-state index contributed by atoms with van der Waals surface area (Å²) in [6.45, 7) is 2.76. The van der Waals surface area contributed by atoms with E-state index in [4.69, 9.17) is 4.74 Å². The Balaban J connectivity index is 2.05. The molecule has 104 valence electrons. The van der Waals surface area contributed by atoms with Crippen LogP contribution in [0, 0.1) is 0 Å². The van der Waals surface area contributed by atoms with E-state index in [9.17, 15) is 5.11 Å². The maximum absolute atomic E-state index is 11.2. The predicted molar refractivity (Wildman–Crippen MR) is 80.0 cm³/mol. The molecule has 1 aliphatic rings. The van der Waals surface area contributed by atoms with E-state index in [1.165, 1.54) is 5.56 Å². The number of hydrogen-bond donors (Lipinski definition) is 1. The highest BCUT2D eigenvalue weighted by Gasteiger charge is 2.39. The molecule has 1 atom stereocenters. The molecule has 0 fully saturated rings. The monoisotopic (exact) mass is 268 g/mol. The van der Waals surface area contributed by atoms with Crippen molar-refractivity contribution < 1.29 is 9.84 Å². The quantitative estimate of drug-likeness (QED) is 0.917. The molecule has 0 amide bonds. The third-order valence-corrected chi connectivity index (χ3v) is 4.01. The normalized spacial score (nSPS) is 20.7. The van der Waals surface area contributed by atoms with Crippen LogP contribution in [0.15, 0.2) is 48.5 Å². The minimum absolute atomic E-state index is 0.675. The fourth-order valence-corrected chi connectivity index (χ4v) is 3.02. The van der Waals surface area contributed by atoms with E-state index in [2.05, 4.69) is 13.0 Å². The molecule has 2 aromatic rings. The average Bonchev–Trinajstić information content (AvgIpc) is 2.84. The molecule has 2 nitrogen and oxygen atoms in total. The van der Waals surface area contributed by atoms with Crippen LogP contribution in [0.25, 0.3) is 0 Å². The maximum atomic E-state index is 11.2. The highest BCUT2D eigenvalue weighted by Crippen LogP contribution is 2.44. The van der Waals surface area contributed by atoms with Crippen LogP contribution in [0.1, 0.15) is 36.5 Å². The SMILES string of the molecule is CCCOc1ccccc1C1(O)CCc2ccccc21. The smallest absolute Gasteiger partial charge is 0.125 e. The molecular weight excluding hydrogens is 248 g/mol. The molecule has 2 heteroatoms. The zero-order valence-corrected chi connectivity index (χ0v) is 11.8. The van der Waals surface area contributed by atoms with Crippen molar-refractivity contribution in [2.24, 2.45) is 0 Å². The van der Waals surface area contributed by atoms with Crippen molar-refractivity contribution in [3.63, 3.8) is 0 Å². The van der Waals surface area contributed by atoms with Crippen LogP contribution in [-0.2, 0) is 12.0 Å². The Morgan fingerprint density at radius 1 is 1.05 bits per heavy atom. The third-order valence-electron chi connectivity index (χ3n) is 4.01. The summed E-state index contributed by atoms with van der Waals surface area (Å²) in [5.41, 5.74) is 2.23. The number of ether oxygens (including phenoxy) is 1. The molecule has 0 radical (unpaired) electrons. The van der Waals surface area contributed by atoms with Crippen LogP contribution in [0.3, 0.4) is 0 Å². The summed E-state index contributed by atoms with van der Waals surface area (Å²) >= 11 is 0. The van der Waals surface area contributed by atoms with Gasteiger partial charge in [0.15, 0.2) is 0 Å². The lowest BCUT2D eigenvalue weighted by Crippen LogP contribution is -2.24. The van der Waals surface area contributed by atoms with Crippen LogP contribution in [0.4, 0.5) is 0 Å². The first kappa shape index (κ1) is 13.2. The first-order valence-electron chi connectivity index (χ1n) is 7.29. The van der Waals surface area contributed by atoms with Gasteiger partial charge in [0.05, 0.1) is 6.61 Å². The maximum Gasteiger partial charge on any atom is 0.125 e. The van der Waals surface area contributed by atoms with Gasteiger partial charge in [-0.25, -0.2) is 0 Å².